The molecule has 1 atom stereocenters. The first kappa shape index (κ1) is 20.2. The van der Waals surface area contributed by atoms with E-state index in [1.807, 2.05) is 6.08 Å². The minimum atomic E-state index is -0.326. The number of phenols is 1. The van der Waals surface area contributed by atoms with E-state index in [-0.39, 0.29) is 42.4 Å². The molecule has 1 saturated heterocycles. The van der Waals surface area contributed by atoms with Crippen molar-refractivity contribution in [2.75, 3.05) is 26.2 Å². The molecule has 2 N–H and O–H groups in total. The zero-order valence-corrected chi connectivity index (χ0v) is 13.6. The second-order valence-corrected chi connectivity index (χ2v) is 4.87. The highest BCUT2D eigenvalue weighted by atomic mass is 35.5. The Morgan fingerprint density at radius 3 is 2.57 bits per heavy atom. The molecule has 6 heteroatoms. The Kier molecular flexibility index (Phi) is 9.62. The highest BCUT2D eigenvalue weighted by Crippen LogP contribution is 2.30. The predicted molar refractivity (Wildman–Crippen MR) is 89.2 cm³/mol. The first-order valence-corrected chi connectivity index (χ1v) is 6.76. The molecule has 1 fully saturated rings. The van der Waals surface area contributed by atoms with Gasteiger partial charge in [-0.15, -0.1) is 31.4 Å². The van der Waals surface area contributed by atoms with Crippen molar-refractivity contribution in [2.45, 2.75) is 18.9 Å². The largest absolute Gasteiger partial charge is 0.508 e. The smallest absolute Gasteiger partial charge is 0.131 e. The van der Waals surface area contributed by atoms with Crippen LogP contribution < -0.4 is 5.32 Å². The quantitative estimate of drug-likeness (QED) is 0.810. The molecule has 0 unspecified atom stereocenters. The molecule has 21 heavy (non-hydrogen) atoms. The molecule has 0 spiro atoms. The third-order valence-corrected chi connectivity index (χ3v) is 3.58. The van der Waals surface area contributed by atoms with Crippen LogP contribution in [0.4, 0.5) is 4.39 Å². The van der Waals surface area contributed by atoms with E-state index in [1.54, 1.807) is 12.1 Å². The Morgan fingerprint density at radius 2 is 2.00 bits per heavy atom. The van der Waals surface area contributed by atoms with Gasteiger partial charge in [0, 0.05) is 43.9 Å². The molecule has 1 aliphatic rings. The number of piperazine rings is 1. The number of aromatic hydroxyl groups is 1. The summed E-state index contributed by atoms with van der Waals surface area (Å²) in [7, 11) is 0. The molecule has 1 heterocycles. The second-order valence-electron chi connectivity index (χ2n) is 4.87. The molecule has 1 aromatic rings. The van der Waals surface area contributed by atoms with Gasteiger partial charge in [-0.3, -0.25) is 4.90 Å². The van der Waals surface area contributed by atoms with Crippen molar-refractivity contribution in [1.29, 1.82) is 0 Å². The molecule has 3 nitrogen and oxygen atoms in total. The maximum atomic E-state index is 14.1. The van der Waals surface area contributed by atoms with Crippen LogP contribution in [0, 0.1) is 5.82 Å². The Hall–Kier alpha value is -0.810. The summed E-state index contributed by atoms with van der Waals surface area (Å²) in [5.41, 5.74) is 0.668. The highest BCUT2D eigenvalue weighted by molar-refractivity contribution is 5.85. The number of hydrogen-bond acceptors (Lipinski definition) is 3. The van der Waals surface area contributed by atoms with Gasteiger partial charge < -0.3 is 10.4 Å². The van der Waals surface area contributed by atoms with Gasteiger partial charge in [0.1, 0.15) is 11.6 Å². The average molecular weight is 337 g/mol. The zero-order valence-electron chi connectivity index (χ0n) is 11.9. The minimum absolute atomic E-state index is 0. The lowest BCUT2D eigenvalue weighted by Gasteiger charge is -2.35. The Balaban J connectivity index is 0.00000200. The molecule has 120 valence electrons. The summed E-state index contributed by atoms with van der Waals surface area (Å²) in [6.45, 7) is 7.45. The lowest BCUT2D eigenvalue weighted by molar-refractivity contribution is 0.163. The van der Waals surface area contributed by atoms with Gasteiger partial charge >= 0.3 is 0 Å². The molecule has 2 rings (SSSR count). The monoisotopic (exact) mass is 336 g/mol. The van der Waals surface area contributed by atoms with E-state index < -0.39 is 0 Å². The van der Waals surface area contributed by atoms with E-state index in [9.17, 15) is 9.50 Å². The van der Waals surface area contributed by atoms with E-state index in [1.165, 1.54) is 6.07 Å². The summed E-state index contributed by atoms with van der Waals surface area (Å²) in [4.78, 5) is 2.30. The summed E-state index contributed by atoms with van der Waals surface area (Å²) in [5.74, 6) is -0.350. The fourth-order valence-corrected chi connectivity index (χ4v) is 2.59. The van der Waals surface area contributed by atoms with E-state index in [4.69, 9.17) is 0 Å². The van der Waals surface area contributed by atoms with Crippen molar-refractivity contribution in [3.05, 3.63) is 42.2 Å². The summed E-state index contributed by atoms with van der Waals surface area (Å²) >= 11 is 0. The number of halogens is 3. The average Bonchev–Trinajstić information content (AvgIpc) is 2.42. The topological polar surface area (TPSA) is 35.5 Å². The third-order valence-electron chi connectivity index (χ3n) is 3.58. The minimum Gasteiger partial charge on any atom is -0.508 e. The summed E-state index contributed by atoms with van der Waals surface area (Å²) in [5, 5.41) is 12.6. The van der Waals surface area contributed by atoms with Crippen molar-refractivity contribution < 1.29 is 9.50 Å². The van der Waals surface area contributed by atoms with Gasteiger partial charge in [-0.1, -0.05) is 12.1 Å². The number of benzene rings is 1. The standard InChI is InChI=1S/C15H21FN2O.2ClH/c1-2-3-4-15(18-9-7-17-8-10-18)13-6-5-12(19)11-14(13)16;;/h2,5-6,11,15,17,19H,1,3-4,7-10H2;2*1H/t15-;;/m0../s1. The molecule has 0 amide bonds. The van der Waals surface area contributed by atoms with Gasteiger partial charge in [0.2, 0.25) is 0 Å². The van der Waals surface area contributed by atoms with Gasteiger partial charge in [-0.25, -0.2) is 4.39 Å². The summed E-state index contributed by atoms with van der Waals surface area (Å²) < 4.78 is 14.1. The van der Waals surface area contributed by atoms with Crippen LogP contribution in [0.15, 0.2) is 30.9 Å². The first-order valence-electron chi connectivity index (χ1n) is 6.76. The number of allylic oxidation sites excluding steroid dienone is 1. The van der Waals surface area contributed by atoms with Crippen molar-refractivity contribution >= 4 is 24.8 Å². The maximum Gasteiger partial charge on any atom is 0.131 e. The van der Waals surface area contributed by atoms with E-state index in [0.717, 1.165) is 39.0 Å². The Morgan fingerprint density at radius 1 is 1.33 bits per heavy atom. The first-order chi connectivity index (χ1) is 9.22. The van der Waals surface area contributed by atoms with Crippen LogP contribution in [0.3, 0.4) is 0 Å². The molecule has 0 aromatic heterocycles. The van der Waals surface area contributed by atoms with Gasteiger partial charge in [0.25, 0.3) is 0 Å². The molecular formula is C15H23Cl2FN2O. The van der Waals surface area contributed by atoms with Crippen molar-refractivity contribution in [3.63, 3.8) is 0 Å². The van der Waals surface area contributed by atoms with Crippen LogP contribution in [0.5, 0.6) is 5.75 Å². The number of rotatable bonds is 5. The fourth-order valence-electron chi connectivity index (χ4n) is 2.59. The van der Waals surface area contributed by atoms with Crippen LogP contribution in [-0.4, -0.2) is 36.2 Å². The van der Waals surface area contributed by atoms with Crippen molar-refractivity contribution in [1.82, 2.24) is 10.2 Å². The number of nitrogens with zero attached hydrogens (tertiary/aromatic N) is 1. The van der Waals surface area contributed by atoms with Crippen LogP contribution in [0.25, 0.3) is 0 Å². The van der Waals surface area contributed by atoms with Crippen LogP contribution >= 0.6 is 24.8 Å². The van der Waals surface area contributed by atoms with Crippen molar-refractivity contribution in [2.24, 2.45) is 0 Å². The molecule has 0 saturated carbocycles. The van der Waals surface area contributed by atoms with Crippen LogP contribution in [0.2, 0.25) is 0 Å². The number of phenolic OH excluding ortho intramolecular Hbond substituents is 1. The van der Waals surface area contributed by atoms with Gasteiger partial charge in [0.05, 0.1) is 0 Å². The number of hydrogen-bond donors (Lipinski definition) is 2. The summed E-state index contributed by atoms with van der Waals surface area (Å²) in [6, 6.07) is 4.50. The van der Waals surface area contributed by atoms with E-state index in [0.29, 0.717) is 5.56 Å². The van der Waals surface area contributed by atoms with Crippen molar-refractivity contribution in [3.8, 4) is 5.75 Å². The maximum absolute atomic E-state index is 14.1. The molecule has 1 aliphatic heterocycles. The predicted octanol–water partition coefficient (Wildman–Crippen LogP) is 3.29. The van der Waals surface area contributed by atoms with Crippen LogP contribution in [0.1, 0.15) is 24.4 Å². The van der Waals surface area contributed by atoms with Gasteiger partial charge in [0.15, 0.2) is 0 Å². The molecule has 1 aromatic carbocycles. The summed E-state index contributed by atoms with van der Waals surface area (Å²) in [6.07, 6.45) is 3.58. The van der Waals surface area contributed by atoms with Crippen LogP contribution in [-0.2, 0) is 0 Å². The normalized spacial score (nSPS) is 16.4. The SMILES string of the molecule is C=CCC[C@@H](c1ccc(O)cc1F)N1CCNCC1.Cl.Cl. The zero-order chi connectivity index (χ0) is 13.7. The Bertz CT molecular complexity index is 440. The molecular weight excluding hydrogens is 314 g/mol. The Labute approximate surface area is 138 Å². The number of nitrogens with one attached hydrogen (secondary N) is 1. The lowest BCUT2D eigenvalue weighted by atomic mass is 9.98. The van der Waals surface area contributed by atoms with E-state index >= 15 is 0 Å². The van der Waals surface area contributed by atoms with Gasteiger partial charge in [-0.2, -0.15) is 0 Å². The highest BCUT2D eigenvalue weighted by Gasteiger charge is 2.24. The molecule has 0 radical (unpaired) electrons. The molecule has 0 bridgehead atoms. The van der Waals surface area contributed by atoms with Gasteiger partial charge in [-0.05, 0) is 18.9 Å². The van der Waals surface area contributed by atoms with E-state index in [2.05, 4.69) is 16.8 Å². The third kappa shape index (κ3) is 5.47. The fraction of sp³-hybridized carbons (Fsp3) is 0.467. The molecule has 0 aliphatic carbocycles. The lowest BCUT2D eigenvalue weighted by Crippen LogP contribution is -2.45. The second kappa shape index (κ2) is 10.0.